The van der Waals surface area contributed by atoms with Gasteiger partial charge in [0.2, 0.25) is 5.91 Å². The van der Waals surface area contributed by atoms with Crippen LogP contribution in [-0.2, 0) is 11.3 Å². The van der Waals surface area contributed by atoms with Gasteiger partial charge in [-0.25, -0.2) is 0 Å². The second-order valence-corrected chi connectivity index (χ2v) is 3.40. The molecule has 1 aliphatic rings. The summed E-state index contributed by atoms with van der Waals surface area (Å²) in [5.41, 5.74) is 7.34. The number of carbonyl (C=O) groups is 1. The van der Waals surface area contributed by atoms with E-state index in [9.17, 15) is 4.79 Å². The molecule has 0 spiro atoms. The lowest BCUT2D eigenvalue weighted by Gasteiger charge is -2.15. The van der Waals surface area contributed by atoms with Gasteiger partial charge < -0.3 is 10.6 Å². The molecule has 3 nitrogen and oxygen atoms in total. The third-order valence-corrected chi connectivity index (χ3v) is 2.21. The van der Waals surface area contributed by atoms with Crippen LogP contribution in [0.4, 0.5) is 0 Å². The molecule has 72 valence electrons. The highest BCUT2D eigenvalue weighted by Crippen LogP contribution is 2.11. The van der Waals surface area contributed by atoms with Gasteiger partial charge in [-0.2, -0.15) is 0 Å². The minimum Gasteiger partial charge on any atom is -0.400 e. The lowest BCUT2D eigenvalue weighted by Crippen LogP contribution is -2.26. The van der Waals surface area contributed by atoms with Gasteiger partial charge in [0.1, 0.15) is 0 Å². The first-order valence-electron chi connectivity index (χ1n) is 4.54. The Morgan fingerprint density at radius 3 is 2.57 bits per heavy atom. The molecule has 0 aliphatic carbocycles. The van der Waals surface area contributed by atoms with Gasteiger partial charge in [-0.15, -0.1) is 0 Å². The van der Waals surface area contributed by atoms with Crippen molar-refractivity contribution in [2.75, 3.05) is 6.54 Å². The van der Waals surface area contributed by atoms with Crippen molar-refractivity contribution in [2.45, 2.75) is 6.54 Å². The van der Waals surface area contributed by atoms with E-state index in [0.29, 0.717) is 18.8 Å². The molecule has 1 aromatic rings. The third kappa shape index (κ3) is 1.76. The van der Waals surface area contributed by atoms with E-state index in [-0.39, 0.29) is 5.91 Å². The van der Waals surface area contributed by atoms with E-state index >= 15 is 0 Å². The molecule has 1 amide bonds. The monoisotopic (exact) mass is 188 g/mol. The van der Waals surface area contributed by atoms with Crippen molar-refractivity contribution in [3.8, 4) is 0 Å². The molecule has 0 atom stereocenters. The summed E-state index contributed by atoms with van der Waals surface area (Å²) in [5, 5.41) is 0. The van der Waals surface area contributed by atoms with Crippen LogP contribution >= 0.6 is 0 Å². The molecule has 0 radical (unpaired) electrons. The molecular weight excluding hydrogens is 176 g/mol. The predicted molar refractivity (Wildman–Crippen MR) is 54.1 cm³/mol. The van der Waals surface area contributed by atoms with Gasteiger partial charge in [-0.05, 0) is 5.56 Å². The number of benzene rings is 1. The van der Waals surface area contributed by atoms with Crippen molar-refractivity contribution < 1.29 is 4.79 Å². The van der Waals surface area contributed by atoms with Gasteiger partial charge in [0, 0.05) is 18.3 Å². The third-order valence-electron chi connectivity index (χ3n) is 2.21. The second kappa shape index (κ2) is 3.54. The quantitative estimate of drug-likeness (QED) is 0.748. The van der Waals surface area contributed by atoms with Gasteiger partial charge in [0.25, 0.3) is 0 Å². The van der Waals surface area contributed by atoms with Crippen molar-refractivity contribution in [1.82, 2.24) is 4.90 Å². The zero-order chi connectivity index (χ0) is 9.97. The molecular formula is C11H12N2O. The molecule has 0 aromatic heterocycles. The van der Waals surface area contributed by atoms with E-state index in [1.54, 1.807) is 4.90 Å². The summed E-state index contributed by atoms with van der Waals surface area (Å²) in [7, 11) is 0. The summed E-state index contributed by atoms with van der Waals surface area (Å²) in [5.74, 6) is 0.00588. The molecule has 0 unspecified atom stereocenters. The topological polar surface area (TPSA) is 46.3 Å². The molecule has 2 rings (SSSR count). The largest absolute Gasteiger partial charge is 0.400 e. The van der Waals surface area contributed by atoms with Gasteiger partial charge in [-0.1, -0.05) is 30.3 Å². The van der Waals surface area contributed by atoms with Crippen LogP contribution in [0.15, 0.2) is 42.1 Å². The summed E-state index contributed by atoms with van der Waals surface area (Å²) in [4.78, 5) is 13.1. The highest BCUT2D eigenvalue weighted by molar-refractivity contribution is 5.90. The zero-order valence-electron chi connectivity index (χ0n) is 7.81. The SMILES string of the molecule is NC1=CC(=O)N(Cc2ccccc2)C1. The number of amides is 1. The maximum absolute atomic E-state index is 11.4. The van der Waals surface area contributed by atoms with Crippen LogP contribution in [-0.4, -0.2) is 17.4 Å². The lowest BCUT2D eigenvalue weighted by atomic mass is 10.2. The first-order chi connectivity index (χ1) is 6.75. The van der Waals surface area contributed by atoms with E-state index < -0.39 is 0 Å². The highest BCUT2D eigenvalue weighted by atomic mass is 16.2. The number of rotatable bonds is 2. The second-order valence-electron chi connectivity index (χ2n) is 3.40. The van der Waals surface area contributed by atoms with Crippen LogP contribution in [0, 0.1) is 0 Å². The van der Waals surface area contributed by atoms with E-state index in [1.165, 1.54) is 6.08 Å². The van der Waals surface area contributed by atoms with E-state index in [2.05, 4.69) is 0 Å². The Hall–Kier alpha value is -1.77. The molecule has 2 N–H and O–H groups in total. The molecule has 14 heavy (non-hydrogen) atoms. The normalized spacial score (nSPS) is 15.9. The minimum atomic E-state index is 0.00588. The predicted octanol–water partition coefficient (Wildman–Crippen LogP) is 0.871. The van der Waals surface area contributed by atoms with Crippen LogP contribution < -0.4 is 5.73 Å². The van der Waals surface area contributed by atoms with Gasteiger partial charge in [0.05, 0.1) is 6.54 Å². The number of nitrogens with zero attached hydrogens (tertiary/aromatic N) is 1. The Bertz CT molecular complexity index is 370. The zero-order valence-corrected chi connectivity index (χ0v) is 7.81. The maximum Gasteiger partial charge on any atom is 0.249 e. The Morgan fingerprint density at radius 2 is 2.00 bits per heavy atom. The average molecular weight is 188 g/mol. The lowest BCUT2D eigenvalue weighted by molar-refractivity contribution is -0.125. The van der Waals surface area contributed by atoms with Gasteiger partial charge in [0.15, 0.2) is 0 Å². The maximum atomic E-state index is 11.4. The molecule has 0 saturated carbocycles. The van der Waals surface area contributed by atoms with E-state index in [1.807, 2.05) is 30.3 Å². The van der Waals surface area contributed by atoms with Crippen LogP contribution in [0.3, 0.4) is 0 Å². The molecule has 3 heteroatoms. The van der Waals surface area contributed by atoms with E-state index in [4.69, 9.17) is 5.73 Å². The average Bonchev–Trinajstić information content (AvgIpc) is 2.47. The Morgan fingerprint density at radius 1 is 1.29 bits per heavy atom. The van der Waals surface area contributed by atoms with Crippen molar-refractivity contribution in [3.63, 3.8) is 0 Å². The summed E-state index contributed by atoms with van der Waals surface area (Å²) >= 11 is 0. The minimum absolute atomic E-state index is 0.00588. The molecule has 0 saturated heterocycles. The smallest absolute Gasteiger partial charge is 0.249 e. The van der Waals surface area contributed by atoms with Gasteiger partial charge in [-0.3, -0.25) is 4.79 Å². The molecule has 1 aliphatic heterocycles. The van der Waals surface area contributed by atoms with Gasteiger partial charge >= 0.3 is 0 Å². The molecule has 0 bridgehead atoms. The number of hydrogen-bond acceptors (Lipinski definition) is 2. The molecule has 1 aromatic carbocycles. The summed E-state index contributed by atoms with van der Waals surface area (Å²) in [6, 6.07) is 9.89. The van der Waals surface area contributed by atoms with Crippen molar-refractivity contribution in [1.29, 1.82) is 0 Å². The number of nitrogens with two attached hydrogens (primary N) is 1. The Balaban J connectivity index is 2.04. The Labute approximate surface area is 82.8 Å². The fourth-order valence-electron chi connectivity index (χ4n) is 1.53. The van der Waals surface area contributed by atoms with Crippen molar-refractivity contribution in [2.24, 2.45) is 5.73 Å². The van der Waals surface area contributed by atoms with Crippen molar-refractivity contribution >= 4 is 5.91 Å². The van der Waals surface area contributed by atoms with Crippen molar-refractivity contribution in [3.05, 3.63) is 47.7 Å². The first-order valence-corrected chi connectivity index (χ1v) is 4.54. The summed E-state index contributed by atoms with van der Waals surface area (Å²) in [6.45, 7) is 1.19. The molecule has 0 fully saturated rings. The highest BCUT2D eigenvalue weighted by Gasteiger charge is 2.18. The van der Waals surface area contributed by atoms with Crippen LogP contribution in [0.5, 0.6) is 0 Å². The Kier molecular flexibility index (Phi) is 2.23. The fourth-order valence-corrected chi connectivity index (χ4v) is 1.53. The molecule has 1 heterocycles. The number of hydrogen-bond donors (Lipinski definition) is 1. The summed E-state index contributed by atoms with van der Waals surface area (Å²) in [6.07, 6.45) is 1.49. The van der Waals surface area contributed by atoms with Crippen LogP contribution in [0.2, 0.25) is 0 Å². The fraction of sp³-hybridized carbons (Fsp3) is 0.182. The van der Waals surface area contributed by atoms with Crippen LogP contribution in [0.1, 0.15) is 5.56 Å². The number of carbonyl (C=O) groups excluding carboxylic acids is 1. The standard InChI is InChI=1S/C11H12N2O/c12-10-6-11(14)13(8-10)7-9-4-2-1-3-5-9/h1-6H,7-8,12H2. The first kappa shape index (κ1) is 8.81. The van der Waals surface area contributed by atoms with E-state index in [0.717, 1.165) is 5.56 Å². The van der Waals surface area contributed by atoms with Crippen LogP contribution in [0.25, 0.3) is 0 Å². The summed E-state index contributed by atoms with van der Waals surface area (Å²) < 4.78 is 0.